The monoisotopic (exact) mass is 256 g/mol. The SMILES string of the molecule is CCCCCCOc1ccc(C=O)c2ccccc12. The summed E-state index contributed by atoms with van der Waals surface area (Å²) in [5.41, 5.74) is 0.717. The Morgan fingerprint density at radius 3 is 2.53 bits per heavy atom. The standard InChI is InChI=1S/C17H20O2/c1-2-3-4-7-12-19-17-11-10-14(13-18)15-8-5-6-9-16(15)17/h5-6,8-11,13H,2-4,7,12H2,1H3. The molecule has 0 atom stereocenters. The van der Waals surface area contributed by atoms with Gasteiger partial charge in [0.15, 0.2) is 6.29 Å². The fourth-order valence-corrected chi connectivity index (χ4v) is 2.23. The van der Waals surface area contributed by atoms with Crippen LogP contribution in [0.1, 0.15) is 43.0 Å². The van der Waals surface area contributed by atoms with Crippen LogP contribution in [-0.4, -0.2) is 12.9 Å². The number of hydrogen-bond donors (Lipinski definition) is 0. The lowest BCUT2D eigenvalue weighted by atomic mass is 10.0. The van der Waals surface area contributed by atoms with Crippen LogP contribution < -0.4 is 4.74 Å². The molecule has 0 heterocycles. The molecule has 0 saturated heterocycles. The zero-order valence-corrected chi connectivity index (χ0v) is 11.4. The highest BCUT2D eigenvalue weighted by atomic mass is 16.5. The number of carbonyl (C=O) groups excluding carboxylic acids is 1. The second-order valence-corrected chi connectivity index (χ2v) is 4.73. The maximum atomic E-state index is 11.0. The summed E-state index contributed by atoms with van der Waals surface area (Å²) in [5.74, 6) is 0.873. The van der Waals surface area contributed by atoms with Crippen molar-refractivity contribution in [2.45, 2.75) is 32.6 Å². The van der Waals surface area contributed by atoms with Crippen LogP contribution >= 0.6 is 0 Å². The zero-order valence-electron chi connectivity index (χ0n) is 11.4. The molecule has 2 aromatic carbocycles. The van der Waals surface area contributed by atoms with Crippen molar-refractivity contribution in [2.75, 3.05) is 6.61 Å². The first-order valence-corrected chi connectivity index (χ1v) is 6.96. The molecule has 0 fully saturated rings. The van der Waals surface area contributed by atoms with Crippen LogP contribution in [0.2, 0.25) is 0 Å². The predicted molar refractivity (Wildman–Crippen MR) is 79.0 cm³/mol. The van der Waals surface area contributed by atoms with Gasteiger partial charge in [-0.1, -0.05) is 50.5 Å². The summed E-state index contributed by atoms with van der Waals surface area (Å²) in [6.07, 6.45) is 5.68. The van der Waals surface area contributed by atoms with Crippen LogP contribution in [0, 0.1) is 0 Å². The molecule has 0 aliphatic rings. The minimum absolute atomic E-state index is 0.717. The minimum atomic E-state index is 0.717. The average molecular weight is 256 g/mol. The Morgan fingerprint density at radius 1 is 1.00 bits per heavy atom. The van der Waals surface area contributed by atoms with E-state index in [4.69, 9.17) is 4.74 Å². The molecule has 19 heavy (non-hydrogen) atoms. The molecule has 0 amide bonds. The number of unbranched alkanes of at least 4 members (excludes halogenated alkanes) is 3. The van der Waals surface area contributed by atoms with Gasteiger partial charge in [0, 0.05) is 10.9 Å². The highest BCUT2D eigenvalue weighted by Crippen LogP contribution is 2.28. The van der Waals surface area contributed by atoms with Gasteiger partial charge in [0.2, 0.25) is 0 Å². The summed E-state index contributed by atoms with van der Waals surface area (Å²) in [6, 6.07) is 11.6. The van der Waals surface area contributed by atoms with Crippen LogP contribution in [-0.2, 0) is 0 Å². The molecule has 2 nitrogen and oxygen atoms in total. The molecular weight excluding hydrogens is 236 g/mol. The summed E-state index contributed by atoms with van der Waals surface area (Å²) in [4.78, 5) is 11.0. The molecule has 2 aromatic rings. The molecule has 0 aromatic heterocycles. The molecule has 0 saturated carbocycles. The summed E-state index contributed by atoms with van der Waals surface area (Å²) in [5, 5.41) is 1.98. The molecule has 0 spiro atoms. The van der Waals surface area contributed by atoms with Crippen molar-refractivity contribution < 1.29 is 9.53 Å². The highest BCUT2D eigenvalue weighted by molar-refractivity contribution is 6.00. The predicted octanol–water partition coefficient (Wildman–Crippen LogP) is 4.61. The third-order valence-corrected chi connectivity index (χ3v) is 3.30. The van der Waals surface area contributed by atoms with Crippen molar-refractivity contribution in [1.29, 1.82) is 0 Å². The number of ether oxygens (including phenoxy) is 1. The van der Waals surface area contributed by atoms with Gasteiger partial charge in [0.1, 0.15) is 5.75 Å². The van der Waals surface area contributed by atoms with Gasteiger partial charge in [-0.3, -0.25) is 4.79 Å². The van der Waals surface area contributed by atoms with Crippen LogP contribution in [0.5, 0.6) is 5.75 Å². The van der Waals surface area contributed by atoms with Crippen molar-refractivity contribution in [2.24, 2.45) is 0 Å². The number of fused-ring (bicyclic) bond motifs is 1. The van der Waals surface area contributed by atoms with E-state index in [1.54, 1.807) is 0 Å². The van der Waals surface area contributed by atoms with E-state index in [0.717, 1.165) is 35.8 Å². The third kappa shape index (κ3) is 3.34. The quantitative estimate of drug-likeness (QED) is 0.534. The fourth-order valence-electron chi connectivity index (χ4n) is 2.23. The lowest BCUT2D eigenvalue weighted by Gasteiger charge is -2.10. The molecular formula is C17H20O2. The molecule has 0 bridgehead atoms. The van der Waals surface area contributed by atoms with Gasteiger partial charge in [-0.15, -0.1) is 0 Å². The van der Waals surface area contributed by atoms with Gasteiger partial charge in [-0.25, -0.2) is 0 Å². The van der Waals surface area contributed by atoms with Crippen LogP contribution in [0.25, 0.3) is 10.8 Å². The van der Waals surface area contributed by atoms with E-state index >= 15 is 0 Å². The number of rotatable bonds is 7. The largest absolute Gasteiger partial charge is 0.493 e. The van der Waals surface area contributed by atoms with Crippen LogP contribution in [0.15, 0.2) is 36.4 Å². The first kappa shape index (κ1) is 13.6. The second-order valence-electron chi connectivity index (χ2n) is 4.73. The van der Waals surface area contributed by atoms with Crippen molar-refractivity contribution in [3.63, 3.8) is 0 Å². The normalized spacial score (nSPS) is 10.6. The molecule has 0 unspecified atom stereocenters. The van der Waals surface area contributed by atoms with E-state index in [-0.39, 0.29) is 0 Å². The first-order valence-electron chi connectivity index (χ1n) is 6.96. The van der Waals surface area contributed by atoms with Crippen molar-refractivity contribution in [3.8, 4) is 5.75 Å². The van der Waals surface area contributed by atoms with Gasteiger partial charge in [-0.2, -0.15) is 0 Å². The summed E-state index contributed by atoms with van der Waals surface area (Å²) < 4.78 is 5.85. The number of benzene rings is 2. The number of hydrogen-bond acceptors (Lipinski definition) is 2. The van der Waals surface area contributed by atoms with Crippen molar-refractivity contribution in [1.82, 2.24) is 0 Å². The fraction of sp³-hybridized carbons (Fsp3) is 0.353. The molecule has 100 valence electrons. The first-order chi connectivity index (χ1) is 9.36. The summed E-state index contributed by atoms with van der Waals surface area (Å²) in [7, 11) is 0. The Morgan fingerprint density at radius 2 is 1.79 bits per heavy atom. The maximum Gasteiger partial charge on any atom is 0.150 e. The van der Waals surface area contributed by atoms with E-state index in [9.17, 15) is 4.79 Å². The van der Waals surface area contributed by atoms with Crippen molar-refractivity contribution >= 4 is 17.1 Å². The summed E-state index contributed by atoms with van der Waals surface area (Å²) in [6.45, 7) is 2.94. The Labute approximate surface area is 114 Å². The van der Waals surface area contributed by atoms with Gasteiger partial charge < -0.3 is 4.74 Å². The molecule has 2 rings (SSSR count). The zero-order chi connectivity index (χ0) is 13.5. The Bertz CT molecular complexity index is 546. The second kappa shape index (κ2) is 6.93. The van der Waals surface area contributed by atoms with E-state index in [2.05, 4.69) is 6.92 Å². The topological polar surface area (TPSA) is 26.3 Å². The third-order valence-electron chi connectivity index (χ3n) is 3.30. The van der Waals surface area contributed by atoms with E-state index in [1.807, 2.05) is 36.4 Å². The van der Waals surface area contributed by atoms with E-state index in [1.165, 1.54) is 19.3 Å². The number of carbonyl (C=O) groups is 1. The molecule has 0 radical (unpaired) electrons. The Balaban J connectivity index is 2.13. The summed E-state index contributed by atoms with van der Waals surface area (Å²) >= 11 is 0. The van der Waals surface area contributed by atoms with Gasteiger partial charge in [0.05, 0.1) is 6.61 Å². The molecule has 0 N–H and O–H groups in total. The Kier molecular flexibility index (Phi) is 4.96. The van der Waals surface area contributed by atoms with Gasteiger partial charge in [0.25, 0.3) is 0 Å². The lowest BCUT2D eigenvalue weighted by molar-refractivity contribution is 0.112. The minimum Gasteiger partial charge on any atom is -0.493 e. The molecule has 2 heteroatoms. The van der Waals surface area contributed by atoms with Gasteiger partial charge >= 0.3 is 0 Å². The molecule has 0 aliphatic carbocycles. The van der Waals surface area contributed by atoms with E-state index in [0.29, 0.717) is 5.56 Å². The number of aldehydes is 1. The Hall–Kier alpha value is -1.83. The van der Waals surface area contributed by atoms with E-state index < -0.39 is 0 Å². The molecule has 0 aliphatic heterocycles. The van der Waals surface area contributed by atoms with Crippen LogP contribution in [0.4, 0.5) is 0 Å². The smallest absolute Gasteiger partial charge is 0.150 e. The maximum absolute atomic E-state index is 11.0. The van der Waals surface area contributed by atoms with Gasteiger partial charge in [-0.05, 0) is 23.9 Å². The highest BCUT2D eigenvalue weighted by Gasteiger charge is 2.05. The van der Waals surface area contributed by atoms with Crippen molar-refractivity contribution in [3.05, 3.63) is 42.0 Å². The van der Waals surface area contributed by atoms with Crippen LogP contribution in [0.3, 0.4) is 0 Å². The average Bonchev–Trinajstić information content (AvgIpc) is 2.47. The lowest BCUT2D eigenvalue weighted by Crippen LogP contribution is -1.98.